The summed E-state index contributed by atoms with van der Waals surface area (Å²) in [6.07, 6.45) is 0.637. The van der Waals surface area contributed by atoms with Gasteiger partial charge in [0.05, 0.1) is 4.90 Å². The Kier molecular flexibility index (Phi) is 4.70. The quantitative estimate of drug-likeness (QED) is 0.410. The molecule has 0 saturated carbocycles. The molecule has 0 unspecified atom stereocenters. The normalized spacial score (nSPS) is 14.4. The number of rotatable bonds is 2. The van der Waals surface area contributed by atoms with Crippen molar-refractivity contribution in [3.8, 4) is 0 Å². The number of amides is 1. The first-order valence-corrected chi connectivity index (χ1v) is 9.64. The fourth-order valence-electron chi connectivity index (χ4n) is 2.84. The van der Waals surface area contributed by atoms with Crippen LogP contribution >= 0.6 is 0 Å². The van der Waals surface area contributed by atoms with Gasteiger partial charge in [0, 0.05) is 6.20 Å². The number of fused-ring (bicyclic) bond motifs is 1. The molecule has 3 rings (SSSR count). The summed E-state index contributed by atoms with van der Waals surface area (Å²) < 4.78 is 33.1. The number of aromatic amines is 1. The van der Waals surface area contributed by atoms with Crippen LogP contribution in [0.5, 0.6) is 0 Å². The number of aromatic nitrogens is 1. The highest BCUT2D eigenvalue weighted by molar-refractivity contribution is 7.93. The highest BCUT2D eigenvalue weighted by atomic mass is 32.2. The largest absolute Gasteiger partial charge is 0.428 e. The number of anilines is 1. The molecule has 2 heterocycles. The lowest BCUT2D eigenvalue weighted by molar-refractivity contribution is 0.197. The molecule has 1 aliphatic rings. The summed E-state index contributed by atoms with van der Waals surface area (Å²) in [7, 11) is -3.96. The number of carbonyl (C=O) groups is 1. The summed E-state index contributed by atoms with van der Waals surface area (Å²) in [4.78, 5) is 18.7. The van der Waals surface area contributed by atoms with Crippen molar-refractivity contribution >= 4 is 33.5 Å². The molecule has 0 saturated heterocycles. The highest BCUT2D eigenvalue weighted by Crippen LogP contribution is 2.37. The Balaban J connectivity index is 2.09. The second-order valence-corrected chi connectivity index (χ2v) is 8.84. The zero-order valence-corrected chi connectivity index (χ0v) is 16.0. The first kappa shape index (κ1) is 18.9. The fraction of sp³-hybridized carbons (Fsp3) is 0.294. The van der Waals surface area contributed by atoms with Gasteiger partial charge in [0.1, 0.15) is 18.1 Å². The minimum absolute atomic E-state index is 0.0816. The predicted octanol–water partition coefficient (Wildman–Crippen LogP) is 2.15. The minimum atomic E-state index is -3.96. The second kappa shape index (κ2) is 6.71. The Morgan fingerprint density at radius 3 is 2.67 bits per heavy atom. The van der Waals surface area contributed by atoms with E-state index in [4.69, 9.17) is 10.6 Å². The summed E-state index contributed by atoms with van der Waals surface area (Å²) in [5.74, 6) is 5.25. The van der Waals surface area contributed by atoms with Gasteiger partial charge in [-0.3, -0.25) is 5.43 Å². The Hall–Kier alpha value is -2.85. The van der Waals surface area contributed by atoms with Gasteiger partial charge in [-0.05, 0) is 23.1 Å². The van der Waals surface area contributed by atoms with E-state index in [9.17, 15) is 13.2 Å². The SMILES string of the molecule is CC(C)(C)c1ccccc1S(=O)(=O)N1CC(OC(=O)NN)=Nc2cc[nH]c21. The first-order valence-electron chi connectivity index (χ1n) is 8.20. The number of sulfonamides is 1. The van der Waals surface area contributed by atoms with E-state index in [1.807, 2.05) is 26.2 Å². The number of hydrazine groups is 1. The molecule has 10 heteroatoms. The van der Waals surface area contributed by atoms with Crippen LogP contribution in [-0.2, 0) is 20.2 Å². The Labute approximate surface area is 157 Å². The number of nitrogens with two attached hydrogens (primary N) is 1. The van der Waals surface area contributed by atoms with Gasteiger partial charge in [-0.25, -0.2) is 28.4 Å². The van der Waals surface area contributed by atoms with Crippen LogP contribution in [0.25, 0.3) is 0 Å². The highest BCUT2D eigenvalue weighted by Gasteiger charge is 2.36. The van der Waals surface area contributed by atoms with E-state index < -0.39 is 16.1 Å². The third-order valence-corrected chi connectivity index (χ3v) is 5.87. The van der Waals surface area contributed by atoms with Gasteiger partial charge in [0.15, 0.2) is 0 Å². The molecule has 1 aromatic carbocycles. The van der Waals surface area contributed by atoms with Crippen LogP contribution < -0.4 is 15.6 Å². The van der Waals surface area contributed by atoms with Crippen LogP contribution in [-0.4, -0.2) is 31.9 Å². The van der Waals surface area contributed by atoms with Crippen molar-refractivity contribution in [1.82, 2.24) is 10.4 Å². The lowest BCUT2D eigenvalue weighted by Crippen LogP contribution is -2.42. The summed E-state index contributed by atoms with van der Waals surface area (Å²) >= 11 is 0. The van der Waals surface area contributed by atoms with Gasteiger partial charge in [-0.2, -0.15) is 0 Å². The number of benzene rings is 1. The topological polar surface area (TPSA) is 130 Å². The monoisotopic (exact) mass is 391 g/mol. The van der Waals surface area contributed by atoms with Crippen molar-refractivity contribution in [2.45, 2.75) is 31.1 Å². The van der Waals surface area contributed by atoms with Crippen LogP contribution in [0.15, 0.2) is 46.4 Å². The van der Waals surface area contributed by atoms with Gasteiger partial charge in [-0.1, -0.05) is 39.0 Å². The number of aliphatic imine (C=N–C) groups is 1. The summed E-state index contributed by atoms with van der Waals surface area (Å²) in [6.45, 7) is 5.58. The third kappa shape index (κ3) is 3.53. The predicted molar refractivity (Wildman–Crippen MR) is 101 cm³/mol. The summed E-state index contributed by atoms with van der Waals surface area (Å²) in [5.41, 5.74) is 2.47. The third-order valence-electron chi connectivity index (χ3n) is 4.07. The van der Waals surface area contributed by atoms with E-state index in [0.29, 0.717) is 17.1 Å². The van der Waals surface area contributed by atoms with E-state index in [1.165, 1.54) is 0 Å². The summed E-state index contributed by atoms with van der Waals surface area (Å²) in [6, 6.07) is 8.43. The lowest BCUT2D eigenvalue weighted by atomic mass is 9.87. The number of hydrogen-bond acceptors (Lipinski definition) is 6. The molecule has 27 heavy (non-hydrogen) atoms. The zero-order valence-electron chi connectivity index (χ0n) is 15.2. The molecule has 4 N–H and O–H groups in total. The molecule has 1 amide bonds. The van der Waals surface area contributed by atoms with Crippen molar-refractivity contribution in [2.24, 2.45) is 10.8 Å². The number of ether oxygens (including phenoxy) is 1. The van der Waals surface area contributed by atoms with E-state index >= 15 is 0 Å². The molecule has 9 nitrogen and oxygen atoms in total. The summed E-state index contributed by atoms with van der Waals surface area (Å²) in [5, 5.41) is 0. The Bertz CT molecular complexity index is 1000. The maximum absolute atomic E-state index is 13.5. The fourth-order valence-corrected chi connectivity index (χ4v) is 4.65. The van der Waals surface area contributed by atoms with E-state index in [0.717, 1.165) is 4.31 Å². The van der Waals surface area contributed by atoms with Crippen molar-refractivity contribution in [3.05, 3.63) is 42.1 Å². The molecule has 0 aliphatic carbocycles. The van der Waals surface area contributed by atoms with Crippen molar-refractivity contribution < 1.29 is 17.9 Å². The van der Waals surface area contributed by atoms with Gasteiger partial charge in [0.25, 0.3) is 10.0 Å². The molecule has 0 atom stereocenters. The number of carbonyl (C=O) groups excluding carboxylic acids is 1. The Morgan fingerprint density at radius 2 is 2.00 bits per heavy atom. The van der Waals surface area contributed by atoms with E-state index in [1.54, 1.807) is 36.5 Å². The molecule has 0 radical (unpaired) electrons. The second-order valence-electron chi connectivity index (χ2n) is 7.01. The van der Waals surface area contributed by atoms with Gasteiger partial charge in [-0.15, -0.1) is 0 Å². The molecular formula is C17H21N5O4S. The van der Waals surface area contributed by atoms with Crippen molar-refractivity contribution in [2.75, 3.05) is 10.8 Å². The van der Waals surface area contributed by atoms with Crippen molar-refractivity contribution in [3.63, 3.8) is 0 Å². The average Bonchev–Trinajstić information content (AvgIpc) is 3.08. The van der Waals surface area contributed by atoms with Crippen LogP contribution in [0.4, 0.5) is 16.3 Å². The molecule has 0 bridgehead atoms. The van der Waals surface area contributed by atoms with Crippen LogP contribution in [0.1, 0.15) is 26.3 Å². The molecule has 144 valence electrons. The van der Waals surface area contributed by atoms with Crippen LogP contribution in [0, 0.1) is 0 Å². The molecule has 0 fully saturated rings. The number of hydrogen-bond donors (Lipinski definition) is 3. The zero-order chi connectivity index (χ0) is 19.8. The van der Waals surface area contributed by atoms with E-state index in [-0.39, 0.29) is 22.8 Å². The van der Waals surface area contributed by atoms with Crippen LogP contribution in [0.3, 0.4) is 0 Å². The lowest BCUT2D eigenvalue weighted by Gasteiger charge is -2.29. The molecule has 2 aromatic rings. The van der Waals surface area contributed by atoms with Crippen LogP contribution in [0.2, 0.25) is 0 Å². The molecule has 1 aromatic heterocycles. The molecular weight excluding hydrogens is 370 g/mol. The molecule has 0 spiro atoms. The van der Waals surface area contributed by atoms with Gasteiger partial charge in [0.2, 0.25) is 5.90 Å². The number of nitrogens with one attached hydrogen (secondary N) is 2. The maximum atomic E-state index is 13.5. The molecule has 1 aliphatic heterocycles. The smallest absolute Gasteiger partial charge is 0.392 e. The number of nitrogens with zero attached hydrogens (tertiary/aromatic N) is 2. The van der Waals surface area contributed by atoms with Crippen molar-refractivity contribution in [1.29, 1.82) is 0 Å². The Morgan fingerprint density at radius 1 is 1.30 bits per heavy atom. The van der Waals surface area contributed by atoms with Gasteiger partial charge < -0.3 is 9.72 Å². The maximum Gasteiger partial charge on any atom is 0.428 e. The van der Waals surface area contributed by atoms with E-state index in [2.05, 4.69) is 9.98 Å². The standard InChI is InChI=1S/C17H21N5O4S/c1-17(2,3)11-6-4-5-7-13(11)27(24,25)22-10-14(26-16(23)21-18)20-12-8-9-19-15(12)22/h4-9,19H,10,18H2,1-3H3,(H,21,23). The minimum Gasteiger partial charge on any atom is -0.392 e. The number of H-pyrrole nitrogens is 1. The van der Waals surface area contributed by atoms with Gasteiger partial charge >= 0.3 is 6.09 Å². The average molecular weight is 391 g/mol. The first-order chi connectivity index (χ1) is 12.6.